The topological polar surface area (TPSA) is 111 Å². The van der Waals surface area contributed by atoms with Crippen molar-refractivity contribution < 1.29 is 13.9 Å². The van der Waals surface area contributed by atoms with E-state index >= 15 is 4.39 Å². The molecule has 0 aliphatic carbocycles. The number of ether oxygens (including phenoxy) is 2. The number of anilines is 1. The van der Waals surface area contributed by atoms with Gasteiger partial charge in [0.25, 0.3) is 0 Å². The van der Waals surface area contributed by atoms with Crippen LogP contribution in [0.2, 0.25) is 0 Å². The van der Waals surface area contributed by atoms with Crippen LogP contribution in [0.25, 0.3) is 27.8 Å². The summed E-state index contributed by atoms with van der Waals surface area (Å²) in [6.07, 6.45) is 3.33. The van der Waals surface area contributed by atoms with Gasteiger partial charge in [0.15, 0.2) is 0 Å². The summed E-state index contributed by atoms with van der Waals surface area (Å²) in [5.74, 6) is 7.11. The van der Waals surface area contributed by atoms with Crippen LogP contribution in [-0.4, -0.2) is 85.5 Å². The van der Waals surface area contributed by atoms with Crippen LogP contribution in [0.1, 0.15) is 36.9 Å². The predicted octanol–water partition coefficient (Wildman–Crippen LogP) is 4.16. The zero-order valence-corrected chi connectivity index (χ0v) is 25.8. The molecule has 0 saturated carbocycles. The molecule has 1 aliphatic heterocycles. The van der Waals surface area contributed by atoms with Crippen LogP contribution in [0, 0.1) is 11.7 Å². The Hall–Kier alpha value is -3.93. The molecule has 43 heavy (non-hydrogen) atoms. The minimum atomic E-state index is -0.343. The highest BCUT2D eigenvalue weighted by Gasteiger charge is 2.33. The molecule has 4 aromatic rings. The average Bonchev–Trinajstić information content (AvgIpc) is 3.31. The van der Waals surface area contributed by atoms with Crippen LogP contribution in [0.3, 0.4) is 0 Å². The first-order valence-corrected chi connectivity index (χ1v) is 14.8. The Labute approximate surface area is 252 Å². The fourth-order valence-corrected chi connectivity index (χ4v) is 6.07. The highest BCUT2D eigenvalue weighted by molar-refractivity contribution is 6.05. The van der Waals surface area contributed by atoms with E-state index in [1.54, 1.807) is 19.3 Å². The highest BCUT2D eigenvalue weighted by atomic mass is 19.1. The molecule has 0 spiro atoms. The standard InChI is InChI=1S/C32H43FN8O2/c1-6-40(16-15-38(2)3)27-12-11-24-28-26(19-22(20-36-28)30(39(4)35)31(34)42-5)41(32(24)37-27)29(21-13-17-43-18-14-21)23-9-7-8-10-25(23)33/h7-12,19-21,29H,6,13-18,34-35H2,1-5H3/b31-30+/t29-/m0/s1. The maximum atomic E-state index is 15.7. The normalized spacial score (nSPS) is 15.6. The molecule has 1 aromatic carbocycles. The lowest BCUT2D eigenvalue weighted by molar-refractivity contribution is 0.0548. The van der Waals surface area contributed by atoms with Crippen LogP contribution in [0.15, 0.2) is 54.5 Å². The van der Waals surface area contributed by atoms with Gasteiger partial charge in [0, 0.05) is 62.6 Å². The molecule has 1 aliphatic rings. The van der Waals surface area contributed by atoms with Crippen molar-refractivity contribution in [2.75, 3.05) is 66.0 Å². The summed E-state index contributed by atoms with van der Waals surface area (Å²) in [6, 6.07) is 12.8. The molecule has 11 heteroatoms. The Bertz CT molecular complexity index is 1600. The highest BCUT2D eigenvalue weighted by Crippen LogP contribution is 2.41. The number of benzene rings is 1. The minimum Gasteiger partial charge on any atom is -0.481 e. The van der Waals surface area contributed by atoms with E-state index in [9.17, 15) is 0 Å². The molecule has 4 N–H and O–H groups in total. The van der Waals surface area contributed by atoms with Crippen molar-refractivity contribution >= 4 is 33.6 Å². The first kappa shape index (κ1) is 30.5. The molecule has 5 rings (SSSR count). The Morgan fingerprint density at radius 3 is 2.53 bits per heavy atom. The zero-order valence-electron chi connectivity index (χ0n) is 25.8. The second kappa shape index (κ2) is 13.2. The van der Waals surface area contributed by atoms with Gasteiger partial charge in [-0.3, -0.25) is 4.98 Å². The summed E-state index contributed by atoms with van der Waals surface area (Å²) in [6.45, 7) is 5.90. The first-order valence-electron chi connectivity index (χ1n) is 14.8. The second-order valence-electron chi connectivity index (χ2n) is 11.3. The Kier molecular flexibility index (Phi) is 9.34. The second-order valence-corrected chi connectivity index (χ2v) is 11.3. The molecule has 1 saturated heterocycles. The van der Waals surface area contributed by atoms with Crippen LogP contribution >= 0.6 is 0 Å². The average molecular weight is 591 g/mol. The van der Waals surface area contributed by atoms with Crippen LogP contribution in [-0.2, 0) is 9.47 Å². The number of aromatic nitrogens is 3. The Morgan fingerprint density at radius 2 is 1.88 bits per heavy atom. The van der Waals surface area contributed by atoms with Gasteiger partial charge in [-0.15, -0.1) is 0 Å². The van der Waals surface area contributed by atoms with Crippen molar-refractivity contribution in [1.29, 1.82) is 0 Å². The summed E-state index contributed by atoms with van der Waals surface area (Å²) in [7, 11) is 7.33. The molecule has 4 heterocycles. The van der Waals surface area contributed by atoms with E-state index in [-0.39, 0.29) is 23.7 Å². The SMILES string of the molecule is CCN(CCN(C)C)c1ccc2c3ncc(/C(=C(/N)OC)N(C)N)cc3n([C@H](c3ccccc3F)C3CCOCC3)c2n1. The minimum absolute atomic E-state index is 0.117. The molecule has 0 unspecified atom stereocenters. The summed E-state index contributed by atoms with van der Waals surface area (Å²) >= 11 is 0. The van der Waals surface area contributed by atoms with E-state index in [0.717, 1.165) is 60.4 Å². The fraction of sp³-hybridized carbons (Fsp3) is 0.438. The van der Waals surface area contributed by atoms with Crippen LogP contribution in [0.5, 0.6) is 0 Å². The van der Waals surface area contributed by atoms with Gasteiger partial charge < -0.3 is 34.6 Å². The molecule has 10 nitrogen and oxygen atoms in total. The van der Waals surface area contributed by atoms with E-state index < -0.39 is 0 Å². The van der Waals surface area contributed by atoms with Crippen molar-refractivity contribution in [3.05, 3.63) is 71.5 Å². The monoisotopic (exact) mass is 590 g/mol. The van der Waals surface area contributed by atoms with Gasteiger partial charge in [0.1, 0.15) is 23.0 Å². The number of fused-ring (bicyclic) bond motifs is 3. The molecule has 1 atom stereocenters. The van der Waals surface area contributed by atoms with Gasteiger partial charge in [-0.25, -0.2) is 15.2 Å². The third-order valence-corrected chi connectivity index (χ3v) is 8.29. The molecule has 0 bridgehead atoms. The Morgan fingerprint density at radius 1 is 1.14 bits per heavy atom. The molecule has 0 radical (unpaired) electrons. The lowest BCUT2D eigenvalue weighted by Crippen LogP contribution is -2.32. The number of methoxy groups -OCH3 is 1. The van der Waals surface area contributed by atoms with E-state index in [2.05, 4.69) is 47.5 Å². The number of nitrogens with two attached hydrogens (primary N) is 2. The summed E-state index contributed by atoms with van der Waals surface area (Å²) in [4.78, 5) is 14.6. The lowest BCUT2D eigenvalue weighted by atomic mass is 9.86. The third-order valence-electron chi connectivity index (χ3n) is 8.29. The van der Waals surface area contributed by atoms with E-state index in [1.807, 2.05) is 18.2 Å². The number of hydrazine groups is 1. The van der Waals surface area contributed by atoms with Crippen molar-refractivity contribution in [3.63, 3.8) is 0 Å². The smallest absolute Gasteiger partial charge is 0.210 e. The maximum Gasteiger partial charge on any atom is 0.210 e. The van der Waals surface area contributed by atoms with Gasteiger partial charge in [-0.05, 0) is 64.0 Å². The summed E-state index contributed by atoms with van der Waals surface area (Å²) < 4.78 is 29.0. The maximum absolute atomic E-state index is 15.7. The quantitative estimate of drug-likeness (QED) is 0.151. The van der Waals surface area contributed by atoms with Crippen LogP contribution in [0.4, 0.5) is 10.2 Å². The third kappa shape index (κ3) is 6.11. The van der Waals surface area contributed by atoms with Crippen molar-refractivity contribution in [1.82, 2.24) is 24.4 Å². The van der Waals surface area contributed by atoms with Crippen molar-refractivity contribution in [2.45, 2.75) is 25.8 Å². The first-order chi connectivity index (χ1) is 20.7. The predicted molar refractivity (Wildman–Crippen MR) is 170 cm³/mol. The molecule has 3 aromatic heterocycles. The lowest BCUT2D eigenvalue weighted by Gasteiger charge is -2.33. The van der Waals surface area contributed by atoms with Gasteiger partial charge >= 0.3 is 0 Å². The van der Waals surface area contributed by atoms with E-state index in [1.165, 1.54) is 18.2 Å². The number of nitrogens with zero attached hydrogens (tertiary/aromatic N) is 6. The van der Waals surface area contributed by atoms with Gasteiger partial charge in [-0.1, -0.05) is 18.2 Å². The van der Waals surface area contributed by atoms with Gasteiger partial charge in [0.05, 0.1) is 24.2 Å². The zero-order chi connectivity index (χ0) is 30.7. The molecule has 0 amide bonds. The van der Waals surface area contributed by atoms with Gasteiger partial charge in [0.2, 0.25) is 5.88 Å². The number of rotatable bonds is 11. The number of hydrogen-bond acceptors (Lipinski definition) is 9. The summed E-state index contributed by atoms with van der Waals surface area (Å²) in [5.41, 5.74) is 10.4. The largest absolute Gasteiger partial charge is 0.481 e. The fourth-order valence-electron chi connectivity index (χ4n) is 6.07. The van der Waals surface area contributed by atoms with Crippen LogP contribution < -0.4 is 16.5 Å². The molecule has 1 fully saturated rings. The number of likely N-dealkylation sites (N-methyl/N-ethyl adjacent to an activating group) is 2. The molecule has 230 valence electrons. The number of hydrogen-bond donors (Lipinski definition) is 2. The number of halogens is 1. The Balaban J connectivity index is 1.83. The molecular formula is C32H43FN8O2. The number of pyridine rings is 2. The summed E-state index contributed by atoms with van der Waals surface area (Å²) in [5, 5.41) is 2.32. The van der Waals surface area contributed by atoms with E-state index in [0.29, 0.717) is 30.0 Å². The van der Waals surface area contributed by atoms with Gasteiger partial charge in [-0.2, -0.15) is 0 Å². The van der Waals surface area contributed by atoms with Crippen molar-refractivity contribution in [2.24, 2.45) is 17.5 Å². The molecular weight excluding hydrogens is 547 g/mol. The van der Waals surface area contributed by atoms with Crippen molar-refractivity contribution in [3.8, 4) is 0 Å². The van der Waals surface area contributed by atoms with E-state index in [4.69, 9.17) is 31.0 Å².